The molecule has 1 fully saturated rings. The largest absolute Gasteiger partial charge is 0.271 e. The van der Waals surface area contributed by atoms with Gasteiger partial charge in [-0.1, -0.05) is 38.8 Å². The van der Waals surface area contributed by atoms with Crippen LogP contribution in [0.1, 0.15) is 45.1 Å². The molecule has 3 heteroatoms. The van der Waals surface area contributed by atoms with Gasteiger partial charge in [-0.25, -0.2) is 4.39 Å². The van der Waals surface area contributed by atoms with E-state index in [-0.39, 0.29) is 11.9 Å². The number of rotatable bonds is 4. The SMILES string of the molecule is CC1(C)CCCCC1C(Cc1ccc(F)cc1)NN. The summed E-state index contributed by atoms with van der Waals surface area (Å²) < 4.78 is 12.9. The Bertz CT molecular complexity index is 400. The van der Waals surface area contributed by atoms with Crippen molar-refractivity contribution in [3.63, 3.8) is 0 Å². The van der Waals surface area contributed by atoms with Crippen molar-refractivity contribution in [2.75, 3.05) is 0 Å². The van der Waals surface area contributed by atoms with Crippen molar-refractivity contribution < 1.29 is 4.39 Å². The van der Waals surface area contributed by atoms with Crippen LogP contribution in [-0.2, 0) is 6.42 Å². The molecule has 1 aromatic rings. The van der Waals surface area contributed by atoms with Gasteiger partial charge in [-0.2, -0.15) is 0 Å². The molecule has 106 valence electrons. The van der Waals surface area contributed by atoms with E-state index in [0.29, 0.717) is 11.3 Å². The number of hydrogen-bond acceptors (Lipinski definition) is 2. The lowest BCUT2D eigenvalue weighted by atomic mass is 9.65. The monoisotopic (exact) mass is 264 g/mol. The summed E-state index contributed by atoms with van der Waals surface area (Å²) in [6, 6.07) is 7.02. The Labute approximate surface area is 115 Å². The molecule has 2 atom stereocenters. The van der Waals surface area contributed by atoms with E-state index in [4.69, 9.17) is 5.84 Å². The minimum Gasteiger partial charge on any atom is -0.271 e. The average Bonchev–Trinajstić information content (AvgIpc) is 2.38. The Morgan fingerprint density at radius 3 is 2.58 bits per heavy atom. The molecule has 0 radical (unpaired) electrons. The third-order valence-electron chi connectivity index (χ3n) is 4.66. The molecule has 0 aromatic heterocycles. The van der Waals surface area contributed by atoms with E-state index in [0.717, 1.165) is 12.0 Å². The van der Waals surface area contributed by atoms with E-state index < -0.39 is 0 Å². The summed E-state index contributed by atoms with van der Waals surface area (Å²) >= 11 is 0. The fourth-order valence-electron chi connectivity index (χ4n) is 3.46. The highest BCUT2D eigenvalue weighted by Crippen LogP contribution is 2.42. The Balaban J connectivity index is 2.08. The standard InChI is InChI=1S/C16H25FN2/c1-16(2)10-4-3-5-14(16)15(19-18)11-12-6-8-13(17)9-7-12/h6-9,14-15,19H,3-5,10-11,18H2,1-2H3. The van der Waals surface area contributed by atoms with Crippen LogP contribution in [0.15, 0.2) is 24.3 Å². The van der Waals surface area contributed by atoms with E-state index in [1.54, 1.807) is 0 Å². The van der Waals surface area contributed by atoms with E-state index in [9.17, 15) is 4.39 Å². The molecule has 1 aromatic carbocycles. The third-order valence-corrected chi connectivity index (χ3v) is 4.66. The molecule has 2 nitrogen and oxygen atoms in total. The fraction of sp³-hybridized carbons (Fsp3) is 0.625. The maximum Gasteiger partial charge on any atom is 0.123 e. The molecule has 2 unspecified atom stereocenters. The lowest BCUT2D eigenvalue weighted by Crippen LogP contribution is -2.48. The Morgan fingerprint density at radius 2 is 2.00 bits per heavy atom. The quantitative estimate of drug-likeness (QED) is 0.646. The molecule has 1 saturated carbocycles. The van der Waals surface area contributed by atoms with E-state index in [2.05, 4.69) is 19.3 Å². The van der Waals surface area contributed by atoms with Gasteiger partial charge >= 0.3 is 0 Å². The zero-order valence-corrected chi connectivity index (χ0v) is 12.0. The first-order chi connectivity index (χ1) is 9.03. The molecule has 0 spiro atoms. The van der Waals surface area contributed by atoms with Gasteiger partial charge in [0.2, 0.25) is 0 Å². The van der Waals surface area contributed by atoms with Crippen molar-refractivity contribution in [2.45, 2.75) is 52.0 Å². The van der Waals surface area contributed by atoms with Gasteiger partial charge < -0.3 is 0 Å². The molecule has 3 N–H and O–H groups in total. The van der Waals surface area contributed by atoms with Gasteiger partial charge in [0.25, 0.3) is 0 Å². The van der Waals surface area contributed by atoms with E-state index >= 15 is 0 Å². The number of hydrogen-bond donors (Lipinski definition) is 2. The van der Waals surface area contributed by atoms with Crippen LogP contribution in [0, 0.1) is 17.2 Å². The van der Waals surface area contributed by atoms with Crippen LogP contribution in [0.2, 0.25) is 0 Å². The number of nitrogens with one attached hydrogen (secondary N) is 1. The summed E-state index contributed by atoms with van der Waals surface area (Å²) in [6.45, 7) is 4.68. The molecule has 1 aliphatic carbocycles. The van der Waals surface area contributed by atoms with Crippen molar-refractivity contribution in [1.82, 2.24) is 5.43 Å². The summed E-state index contributed by atoms with van der Waals surface area (Å²) in [5.74, 6) is 6.18. The van der Waals surface area contributed by atoms with Gasteiger partial charge in [-0.05, 0) is 48.3 Å². The Hall–Kier alpha value is -0.930. The molecule has 1 aliphatic rings. The lowest BCUT2D eigenvalue weighted by molar-refractivity contribution is 0.0982. The fourth-order valence-corrected chi connectivity index (χ4v) is 3.46. The van der Waals surface area contributed by atoms with Crippen LogP contribution in [0.5, 0.6) is 0 Å². The maximum atomic E-state index is 12.9. The van der Waals surface area contributed by atoms with Crippen LogP contribution < -0.4 is 11.3 Å². The van der Waals surface area contributed by atoms with Gasteiger partial charge in [0.05, 0.1) is 0 Å². The summed E-state index contributed by atoms with van der Waals surface area (Å²) in [4.78, 5) is 0. The predicted molar refractivity (Wildman–Crippen MR) is 77.0 cm³/mol. The van der Waals surface area contributed by atoms with E-state index in [1.165, 1.54) is 37.8 Å². The minimum absolute atomic E-state index is 0.181. The molecule has 0 saturated heterocycles. The van der Waals surface area contributed by atoms with E-state index in [1.807, 2.05) is 12.1 Å². The normalized spacial score (nSPS) is 24.1. The first-order valence-corrected chi connectivity index (χ1v) is 7.23. The Morgan fingerprint density at radius 1 is 1.32 bits per heavy atom. The first-order valence-electron chi connectivity index (χ1n) is 7.23. The topological polar surface area (TPSA) is 38.0 Å². The molecule has 19 heavy (non-hydrogen) atoms. The van der Waals surface area contributed by atoms with Gasteiger partial charge in [-0.3, -0.25) is 11.3 Å². The average molecular weight is 264 g/mol. The van der Waals surface area contributed by atoms with Crippen molar-refractivity contribution in [2.24, 2.45) is 17.2 Å². The second-order valence-electron chi connectivity index (χ2n) is 6.44. The van der Waals surface area contributed by atoms with Crippen LogP contribution in [0.3, 0.4) is 0 Å². The first kappa shape index (κ1) is 14.5. The summed E-state index contributed by atoms with van der Waals surface area (Å²) in [5, 5.41) is 0. The predicted octanol–water partition coefficient (Wildman–Crippen LogP) is 3.42. The van der Waals surface area contributed by atoms with Crippen LogP contribution in [0.25, 0.3) is 0 Å². The molecule has 0 bridgehead atoms. The molecule has 0 aliphatic heterocycles. The molecule has 0 amide bonds. The number of hydrazine groups is 1. The van der Waals surface area contributed by atoms with Gasteiger partial charge in [0.15, 0.2) is 0 Å². The minimum atomic E-state index is -0.181. The summed E-state index contributed by atoms with van der Waals surface area (Å²) in [7, 11) is 0. The highest BCUT2D eigenvalue weighted by Gasteiger charge is 2.37. The highest BCUT2D eigenvalue weighted by atomic mass is 19.1. The number of nitrogens with two attached hydrogens (primary N) is 1. The van der Waals surface area contributed by atoms with Gasteiger partial charge in [-0.15, -0.1) is 0 Å². The molecular formula is C16H25FN2. The second kappa shape index (κ2) is 6.02. The second-order valence-corrected chi connectivity index (χ2v) is 6.44. The Kier molecular flexibility index (Phi) is 4.58. The van der Waals surface area contributed by atoms with Crippen LogP contribution in [0.4, 0.5) is 4.39 Å². The zero-order valence-electron chi connectivity index (χ0n) is 12.0. The van der Waals surface area contributed by atoms with Gasteiger partial charge in [0, 0.05) is 6.04 Å². The number of benzene rings is 1. The molecule has 2 rings (SSSR count). The number of halogens is 1. The van der Waals surface area contributed by atoms with Crippen molar-refractivity contribution in [3.05, 3.63) is 35.6 Å². The summed E-state index contributed by atoms with van der Waals surface area (Å²) in [5.41, 5.74) is 4.47. The molecule has 0 heterocycles. The van der Waals surface area contributed by atoms with Crippen molar-refractivity contribution in [3.8, 4) is 0 Å². The van der Waals surface area contributed by atoms with Gasteiger partial charge in [0.1, 0.15) is 5.82 Å². The maximum absolute atomic E-state index is 12.9. The zero-order chi connectivity index (χ0) is 13.9. The highest BCUT2D eigenvalue weighted by molar-refractivity contribution is 5.17. The lowest BCUT2D eigenvalue weighted by Gasteiger charge is -2.43. The molecular weight excluding hydrogens is 239 g/mol. The van der Waals surface area contributed by atoms with Crippen molar-refractivity contribution >= 4 is 0 Å². The third kappa shape index (κ3) is 3.54. The van der Waals surface area contributed by atoms with Crippen LogP contribution >= 0.6 is 0 Å². The van der Waals surface area contributed by atoms with Crippen LogP contribution in [-0.4, -0.2) is 6.04 Å². The van der Waals surface area contributed by atoms with Crippen molar-refractivity contribution in [1.29, 1.82) is 0 Å². The summed E-state index contributed by atoms with van der Waals surface area (Å²) in [6.07, 6.45) is 5.96. The smallest absolute Gasteiger partial charge is 0.123 e.